The SMILES string of the molecule is C#CCCCNCc1cc(C)n(CC)c1C. The van der Waals surface area contributed by atoms with Gasteiger partial charge in [-0.25, -0.2) is 0 Å². The van der Waals surface area contributed by atoms with Crippen LogP contribution in [-0.2, 0) is 13.1 Å². The zero-order valence-corrected chi connectivity index (χ0v) is 10.6. The molecule has 0 radical (unpaired) electrons. The Bertz CT molecular complexity index is 369. The van der Waals surface area contributed by atoms with E-state index in [0.29, 0.717) is 0 Å². The fourth-order valence-corrected chi connectivity index (χ4v) is 2.08. The summed E-state index contributed by atoms with van der Waals surface area (Å²) >= 11 is 0. The highest BCUT2D eigenvalue weighted by atomic mass is 15.0. The molecule has 0 amide bonds. The summed E-state index contributed by atoms with van der Waals surface area (Å²) in [4.78, 5) is 0. The molecule has 0 aromatic carbocycles. The molecular formula is C14H22N2. The van der Waals surface area contributed by atoms with E-state index in [9.17, 15) is 0 Å². The lowest BCUT2D eigenvalue weighted by Crippen LogP contribution is -2.15. The molecule has 2 heteroatoms. The Kier molecular flexibility index (Phi) is 5.14. The second-order valence-electron chi connectivity index (χ2n) is 4.13. The molecule has 88 valence electrons. The van der Waals surface area contributed by atoms with E-state index in [1.54, 1.807) is 0 Å². The van der Waals surface area contributed by atoms with E-state index in [0.717, 1.165) is 32.5 Å². The minimum Gasteiger partial charge on any atom is -0.349 e. The Morgan fingerprint density at radius 2 is 2.19 bits per heavy atom. The van der Waals surface area contributed by atoms with Gasteiger partial charge in [0.1, 0.15) is 0 Å². The summed E-state index contributed by atoms with van der Waals surface area (Å²) < 4.78 is 2.35. The van der Waals surface area contributed by atoms with Gasteiger partial charge in [-0.2, -0.15) is 0 Å². The monoisotopic (exact) mass is 218 g/mol. The molecule has 1 N–H and O–H groups in total. The highest BCUT2D eigenvalue weighted by Gasteiger charge is 2.06. The van der Waals surface area contributed by atoms with Crippen LogP contribution in [0, 0.1) is 26.2 Å². The molecule has 1 rings (SSSR count). The number of unbranched alkanes of at least 4 members (excludes halogenated alkanes) is 1. The van der Waals surface area contributed by atoms with E-state index in [1.807, 2.05) is 0 Å². The lowest BCUT2D eigenvalue weighted by atomic mass is 10.2. The van der Waals surface area contributed by atoms with Crippen molar-refractivity contribution >= 4 is 0 Å². The van der Waals surface area contributed by atoms with Gasteiger partial charge in [0.25, 0.3) is 0 Å². The number of aryl methyl sites for hydroxylation is 1. The molecule has 1 aromatic heterocycles. The molecule has 0 atom stereocenters. The summed E-state index contributed by atoms with van der Waals surface area (Å²) in [5.41, 5.74) is 4.13. The quantitative estimate of drug-likeness (QED) is 0.574. The van der Waals surface area contributed by atoms with Gasteiger partial charge in [0.05, 0.1) is 0 Å². The van der Waals surface area contributed by atoms with Crippen molar-refractivity contribution in [2.75, 3.05) is 6.54 Å². The molecule has 0 aliphatic carbocycles. The van der Waals surface area contributed by atoms with Crippen LogP contribution in [0.2, 0.25) is 0 Å². The molecule has 0 aliphatic heterocycles. The minimum atomic E-state index is 0.862. The molecule has 0 fully saturated rings. The van der Waals surface area contributed by atoms with Gasteiger partial charge in [-0.05, 0) is 45.4 Å². The maximum atomic E-state index is 5.21. The van der Waals surface area contributed by atoms with E-state index in [4.69, 9.17) is 6.42 Å². The van der Waals surface area contributed by atoms with Crippen molar-refractivity contribution in [3.63, 3.8) is 0 Å². The van der Waals surface area contributed by atoms with Crippen LogP contribution in [0.25, 0.3) is 0 Å². The second kappa shape index (κ2) is 6.40. The van der Waals surface area contributed by atoms with Crippen molar-refractivity contribution < 1.29 is 0 Å². The maximum Gasteiger partial charge on any atom is 0.0223 e. The minimum absolute atomic E-state index is 0.862. The normalized spacial score (nSPS) is 10.4. The van der Waals surface area contributed by atoms with Crippen LogP contribution < -0.4 is 5.32 Å². The first kappa shape index (κ1) is 12.9. The molecule has 0 aliphatic rings. The lowest BCUT2D eigenvalue weighted by molar-refractivity contribution is 0.651. The van der Waals surface area contributed by atoms with Crippen molar-refractivity contribution in [1.82, 2.24) is 9.88 Å². The molecule has 0 saturated heterocycles. The average Bonchev–Trinajstić information content (AvgIpc) is 2.53. The third-order valence-corrected chi connectivity index (χ3v) is 2.98. The zero-order valence-electron chi connectivity index (χ0n) is 10.6. The average molecular weight is 218 g/mol. The molecule has 1 heterocycles. The molecular weight excluding hydrogens is 196 g/mol. The van der Waals surface area contributed by atoms with Gasteiger partial charge in [-0.3, -0.25) is 0 Å². The maximum absolute atomic E-state index is 5.21. The number of terminal acetylenes is 1. The molecule has 2 nitrogen and oxygen atoms in total. The van der Waals surface area contributed by atoms with Gasteiger partial charge in [-0.15, -0.1) is 12.3 Å². The number of aromatic nitrogens is 1. The number of nitrogens with zero attached hydrogens (tertiary/aromatic N) is 1. The van der Waals surface area contributed by atoms with Crippen molar-refractivity contribution in [2.24, 2.45) is 0 Å². The standard InChI is InChI=1S/C14H22N2/c1-5-7-8-9-15-11-14-10-12(3)16(6-2)13(14)4/h1,10,15H,6-9,11H2,2-4H3. The van der Waals surface area contributed by atoms with Crippen LogP contribution in [0.15, 0.2) is 6.07 Å². The van der Waals surface area contributed by atoms with Gasteiger partial charge >= 0.3 is 0 Å². The van der Waals surface area contributed by atoms with Crippen molar-refractivity contribution in [3.05, 3.63) is 23.0 Å². The van der Waals surface area contributed by atoms with Gasteiger partial charge in [0.15, 0.2) is 0 Å². The first-order valence-corrected chi connectivity index (χ1v) is 6.00. The van der Waals surface area contributed by atoms with Crippen molar-refractivity contribution in [1.29, 1.82) is 0 Å². The van der Waals surface area contributed by atoms with Crippen LogP contribution in [-0.4, -0.2) is 11.1 Å². The van der Waals surface area contributed by atoms with Crippen molar-refractivity contribution in [2.45, 2.75) is 46.7 Å². The Hall–Kier alpha value is -1.20. The largest absolute Gasteiger partial charge is 0.349 e. The van der Waals surface area contributed by atoms with Gasteiger partial charge in [0.2, 0.25) is 0 Å². The zero-order chi connectivity index (χ0) is 12.0. The topological polar surface area (TPSA) is 17.0 Å². The van der Waals surface area contributed by atoms with Crippen LogP contribution >= 0.6 is 0 Å². The van der Waals surface area contributed by atoms with E-state index in [2.05, 4.69) is 42.6 Å². The summed E-state index contributed by atoms with van der Waals surface area (Å²) in [6.45, 7) is 9.54. The van der Waals surface area contributed by atoms with Gasteiger partial charge in [0, 0.05) is 30.9 Å². The Balaban J connectivity index is 2.46. The predicted molar refractivity (Wildman–Crippen MR) is 69.4 cm³/mol. The Morgan fingerprint density at radius 3 is 2.75 bits per heavy atom. The third kappa shape index (κ3) is 3.15. The number of hydrogen-bond acceptors (Lipinski definition) is 1. The first-order chi connectivity index (χ1) is 7.70. The summed E-state index contributed by atoms with van der Waals surface area (Å²) in [6.07, 6.45) is 7.13. The summed E-state index contributed by atoms with van der Waals surface area (Å²) in [5, 5.41) is 3.43. The fourth-order valence-electron chi connectivity index (χ4n) is 2.08. The fraction of sp³-hybridized carbons (Fsp3) is 0.571. The highest BCUT2D eigenvalue weighted by molar-refractivity contribution is 5.26. The molecule has 1 aromatic rings. The summed E-state index contributed by atoms with van der Waals surface area (Å²) in [7, 11) is 0. The molecule has 0 bridgehead atoms. The number of rotatable bonds is 6. The molecule has 16 heavy (non-hydrogen) atoms. The van der Waals surface area contributed by atoms with Crippen molar-refractivity contribution in [3.8, 4) is 12.3 Å². The van der Waals surface area contributed by atoms with Crippen LogP contribution in [0.3, 0.4) is 0 Å². The molecule has 0 unspecified atom stereocenters. The molecule has 0 spiro atoms. The van der Waals surface area contributed by atoms with E-state index in [1.165, 1.54) is 17.0 Å². The lowest BCUT2D eigenvalue weighted by Gasteiger charge is -2.06. The van der Waals surface area contributed by atoms with Crippen LogP contribution in [0.5, 0.6) is 0 Å². The van der Waals surface area contributed by atoms with Gasteiger partial charge < -0.3 is 9.88 Å². The second-order valence-corrected chi connectivity index (χ2v) is 4.13. The van der Waals surface area contributed by atoms with Crippen LogP contribution in [0.1, 0.15) is 36.7 Å². The summed E-state index contributed by atoms with van der Waals surface area (Å²) in [6, 6.07) is 2.27. The Morgan fingerprint density at radius 1 is 1.44 bits per heavy atom. The third-order valence-electron chi connectivity index (χ3n) is 2.98. The predicted octanol–water partition coefficient (Wildman–Crippen LogP) is 2.63. The van der Waals surface area contributed by atoms with E-state index in [-0.39, 0.29) is 0 Å². The van der Waals surface area contributed by atoms with Gasteiger partial charge in [-0.1, -0.05) is 0 Å². The smallest absolute Gasteiger partial charge is 0.0223 e. The Labute approximate surface area is 99.0 Å². The molecule has 0 saturated carbocycles. The highest BCUT2D eigenvalue weighted by Crippen LogP contribution is 2.14. The number of nitrogens with one attached hydrogen (secondary N) is 1. The first-order valence-electron chi connectivity index (χ1n) is 6.00. The van der Waals surface area contributed by atoms with E-state index >= 15 is 0 Å². The number of hydrogen-bond donors (Lipinski definition) is 1. The van der Waals surface area contributed by atoms with E-state index < -0.39 is 0 Å². The summed E-state index contributed by atoms with van der Waals surface area (Å²) in [5.74, 6) is 2.66. The van der Waals surface area contributed by atoms with Crippen LogP contribution in [0.4, 0.5) is 0 Å².